The third-order valence-corrected chi connectivity index (χ3v) is 5.83. The Labute approximate surface area is 155 Å². The van der Waals surface area contributed by atoms with E-state index in [2.05, 4.69) is 25.8 Å². The number of hydrogen-bond acceptors (Lipinski definition) is 3. The Bertz CT molecular complexity index is 1040. The minimum atomic E-state index is -3.72. The fourth-order valence-corrected chi connectivity index (χ4v) is 4.54. The van der Waals surface area contributed by atoms with Crippen molar-refractivity contribution in [3.8, 4) is 5.69 Å². The zero-order valence-corrected chi connectivity index (χ0v) is 16.5. The maximum atomic E-state index is 12.9. The molecule has 1 aromatic heterocycles. The summed E-state index contributed by atoms with van der Waals surface area (Å²) in [5, 5.41) is 4.45. The second-order valence-electron chi connectivity index (χ2n) is 5.87. The van der Waals surface area contributed by atoms with Crippen molar-refractivity contribution in [1.29, 1.82) is 0 Å². The molecule has 7 heteroatoms. The number of sulfonamides is 1. The van der Waals surface area contributed by atoms with Crippen molar-refractivity contribution in [2.75, 3.05) is 4.72 Å². The second-order valence-corrected chi connectivity index (χ2v) is 8.44. The summed E-state index contributed by atoms with van der Waals surface area (Å²) in [6.45, 7) is 5.61. The first-order valence-corrected chi connectivity index (χ1v) is 9.97. The first-order valence-electron chi connectivity index (χ1n) is 7.69. The monoisotopic (exact) mass is 419 g/mol. The van der Waals surface area contributed by atoms with E-state index in [-0.39, 0.29) is 4.90 Å². The zero-order valence-electron chi connectivity index (χ0n) is 14.1. The summed E-state index contributed by atoms with van der Waals surface area (Å²) in [4.78, 5) is 0.241. The lowest BCUT2D eigenvalue weighted by Crippen LogP contribution is -2.16. The lowest BCUT2D eigenvalue weighted by atomic mass is 10.2. The number of nitrogens with zero attached hydrogens (tertiary/aromatic N) is 2. The van der Waals surface area contributed by atoms with E-state index in [0.29, 0.717) is 21.4 Å². The highest BCUT2D eigenvalue weighted by Gasteiger charge is 2.20. The Morgan fingerprint density at radius 2 is 1.76 bits per heavy atom. The Morgan fingerprint density at radius 3 is 2.44 bits per heavy atom. The van der Waals surface area contributed by atoms with Crippen LogP contribution in [0.25, 0.3) is 5.69 Å². The van der Waals surface area contributed by atoms with Gasteiger partial charge < -0.3 is 0 Å². The molecular formula is C18H18BrN3O2S. The van der Waals surface area contributed by atoms with Crippen molar-refractivity contribution < 1.29 is 8.42 Å². The summed E-state index contributed by atoms with van der Waals surface area (Å²) < 4.78 is 30.9. The van der Waals surface area contributed by atoms with Gasteiger partial charge in [0.1, 0.15) is 0 Å². The van der Waals surface area contributed by atoms with Crippen LogP contribution in [0, 0.1) is 20.8 Å². The van der Waals surface area contributed by atoms with Crippen LogP contribution in [0.3, 0.4) is 0 Å². The van der Waals surface area contributed by atoms with Gasteiger partial charge in [-0.1, -0.05) is 34.1 Å². The molecule has 25 heavy (non-hydrogen) atoms. The van der Waals surface area contributed by atoms with Crippen LogP contribution in [-0.4, -0.2) is 18.2 Å². The van der Waals surface area contributed by atoms with E-state index in [4.69, 9.17) is 0 Å². The van der Waals surface area contributed by atoms with Crippen molar-refractivity contribution in [1.82, 2.24) is 9.78 Å². The third kappa shape index (κ3) is 3.62. The summed E-state index contributed by atoms with van der Waals surface area (Å²) in [5.41, 5.74) is 3.65. The molecule has 0 saturated heterocycles. The van der Waals surface area contributed by atoms with Crippen molar-refractivity contribution >= 4 is 31.6 Å². The average molecular weight is 420 g/mol. The number of aryl methyl sites for hydroxylation is 3. The average Bonchev–Trinajstić information content (AvgIpc) is 2.88. The molecule has 0 saturated carbocycles. The topological polar surface area (TPSA) is 64.0 Å². The fourth-order valence-electron chi connectivity index (χ4n) is 2.68. The molecule has 0 atom stereocenters. The van der Waals surface area contributed by atoms with Crippen LogP contribution in [0.15, 0.2) is 57.9 Å². The number of aromatic nitrogens is 2. The number of nitrogens with one attached hydrogen (secondary N) is 1. The Kier molecular flexibility index (Phi) is 4.71. The summed E-state index contributed by atoms with van der Waals surface area (Å²) >= 11 is 3.33. The van der Waals surface area contributed by atoms with Gasteiger partial charge in [0.05, 0.1) is 22.0 Å². The molecule has 130 valence electrons. The van der Waals surface area contributed by atoms with Gasteiger partial charge in [0.15, 0.2) is 0 Å². The van der Waals surface area contributed by atoms with E-state index in [0.717, 1.165) is 11.4 Å². The summed E-state index contributed by atoms with van der Waals surface area (Å²) in [6, 6.07) is 14.4. The second kappa shape index (κ2) is 6.65. The summed E-state index contributed by atoms with van der Waals surface area (Å²) in [5.74, 6) is 0. The van der Waals surface area contributed by atoms with Gasteiger partial charge in [0.2, 0.25) is 0 Å². The molecule has 5 nitrogen and oxygen atoms in total. The predicted molar refractivity (Wildman–Crippen MR) is 103 cm³/mol. The molecule has 0 spiro atoms. The molecule has 0 aliphatic carbocycles. The molecule has 1 heterocycles. The SMILES string of the molecule is Cc1cc(C)n(-c2ccccc2NS(=O)(=O)c2cc(Br)ccc2C)n1. The number of rotatable bonds is 4. The van der Waals surface area contributed by atoms with Crippen LogP contribution in [0.2, 0.25) is 0 Å². The molecular weight excluding hydrogens is 402 g/mol. The number of benzene rings is 2. The molecule has 2 aromatic carbocycles. The van der Waals surface area contributed by atoms with Crippen molar-refractivity contribution in [2.45, 2.75) is 25.7 Å². The van der Waals surface area contributed by atoms with Crippen LogP contribution in [0.5, 0.6) is 0 Å². The Morgan fingerprint density at radius 1 is 1.04 bits per heavy atom. The van der Waals surface area contributed by atoms with Gasteiger partial charge in [-0.05, 0) is 56.7 Å². The van der Waals surface area contributed by atoms with Crippen molar-refractivity contribution in [3.63, 3.8) is 0 Å². The van der Waals surface area contributed by atoms with Crippen LogP contribution in [0.4, 0.5) is 5.69 Å². The van der Waals surface area contributed by atoms with Gasteiger partial charge in [-0.15, -0.1) is 0 Å². The summed E-state index contributed by atoms with van der Waals surface area (Å²) in [6.07, 6.45) is 0. The highest BCUT2D eigenvalue weighted by atomic mass is 79.9. The number of anilines is 1. The van der Waals surface area contributed by atoms with E-state index < -0.39 is 10.0 Å². The van der Waals surface area contributed by atoms with Crippen LogP contribution >= 0.6 is 15.9 Å². The number of para-hydroxylation sites is 2. The van der Waals surface area contributed by atoms with Crippen LogP contribution < -0.4 is 4.72 Å². The van der Waals surface area contributed by atoms with Crippen LogP contribution in [-0.2, 0) is 10.0 Å². The van der Waals surface area contributed by atoms with Crippen molar-refractivity contribution in [2.24, 2.45) is 0 Å². The van der Waals surface area contributed by atoms with E-state index >= 15 is 0 Å². The van der Waals surface area contributed by atoms with E-state index in [1.54, 1.807) is 35.9 Å². The van der Waals surface area contributed by atoms with E-state index in [1.165, 1.54) is 0 Å². The normalized spacial score (nSPS) is 11.5. The first-order chi connectivity index (χ1) is 11.8. The lowest BCUT2D eigenvalue weighted by Gasteiger charge is -2.15. The van der Waals surface area contributed by atoms with Crippen molar-refractivity contribution in [3.05, 3.63) is 70.0 Å². The molecule has 0 fully saturated rings. The van der Waals surface area contributed by atoms with E-state index in [1.807, 2.05) is 38.1 Å². The molecule has 3 aromatic rings. The standard InChI is InChI=1S/C18H18BrN3O2S/c1-12-8-9-15(19)11-18(12)25(23,24)21-16-6-4-5-7-17(16)22-14(3)10-13(2)20-22/h4-11,21H,1-3H3. The number of hydrogen-bond donors (Lipinski definition) is 1. The van der Waals surface area contributed by atoms with Gasteiger partial charge in [-0.3, -0.25) is 4.72 Å². The van der Waals surface area contributed by atoms with Gasteiger partial charge in [-0.25, -0.2) is 13.1 Å². The third-order valence-electron chi connectivity index (χ3n) is 3.83. The molecule has 0 aliphatic heterocycles. The number of halogens is 1. The van der Waals surface area contributed by atoms with Gasteiger partial charge in [-0.2, -0.15) is 5.10 Å². The molecule has 0 radical (unpaired) electrons. The molecule has 0 amide bonds. The highest BCUT2D eigenvalue weighted by molar-refractivity contribution is 9.10. The van der Waals surface area contributed by atoms with Crippen LogP contribution in [0.1, 0.15) is 17.0 Å². The summed E-state index contributed by atoms with van der Waals surface area (Å²) in [7, 11) is -3.72. The maximum Gasteiger partial charge on any atom is 0.262 e. The zero-order chi connectivity index (χ0) is 18.2. The Balaban J connectivity index is 2.07. The molecule has 0 aliphatic rings. The van der Waals surface area contributed by atoms with Gasteiger partial charge >= 0.3 is 0 Å². The molecule has 0 bridgehead atoms. The fraction of sp³-hybridized carbons (Fsp3) is 0.167. The molecule has 0 unspecified atom stereocenters. The molecule has 3 rings (SSSR count). The minimum Gasteiger partial charge on any atom is -0.277 e. The highest BCUT2D eigenvalue weighted by Crippen LogP contribution is 2.27. The predicted octanol–water partition coefficient (Wildman–Crippen LogP) is 4.36. The quantitative estimate of drug-likeness (QED) is 0.682. The first kappa shape index (κ1) is 17.7. The Hall–Kier alpha value is -2.12. The minimum absolute atomic E-state index is 0.241. The van der Waals surface area contributed by atoms with Gasteiger partial charge in [0, 0.05) is 10.2 Å². The maximum absolute atomic E-state index is 12.9. The lowest BCUT2D eigenvalue weighted by molar-refractivity contribution is 0.600. The smallest absolute Gasteiger partial charge is 0.262 e. The van der Waals surface area contributed by atoms with E-state index in [9.17, 15) is 8.42 Å². The largest absolute Gasteiger partial charge is 0.277 e. The van der Waals surface area contributed by atoms with Gasteiger partial charge in [0.25, 0.3) is 10.0 Å². The molecule has 1 N–H and O–H groups in total.